The third-order valence-electron chi connectivity index (χ3n) is 2.24. The fraction of sp³-hybridized carbons (Fsp3) is 0.500. The van der Waals surface area contributed by atoms with Gasteiger partial charge in [-0.25, -0.2) is 0 Å². The predicted molar refractivity (Wildman–Crippen MR) is 68.4 cm³/mol. The third kappa shape index (κ3) is 4.00. The van der Waals surface area contributed by atoms with E-state index >= 15 is 0 Å². The molecule has 0 amide bonds. The number of para-hydroxylation sites is 1. The minimum absolute atomic E-state index is 0.334. The normalized spacial score (nSPS) is 11.5. The maximum atomic E-state index is 5.92. The molecule has 0 aliphatic carbocycles. The van der Waals surface area contributed by atoms with Crippen LogP contribution in [0.25, 0.3) is 0 Å². The fourth-order valence-electron chi connectivity index (χ4n) is 1.26. The number of halogens is 1. The highest BCUT2D eigenvalue weighted by atomic mass is 35.5. The van der Waals surface area contributed by atoms with Gasteiger partial charge in [-0.2, -0.15) is 0 Å². The van der Waals surface area contributed by atoms with Crippen LogP contribution in [0.3, 0.4) is 0 Å². The van der Waals surface area contributed by atoms with Crippen molar-refractivity contribution < 1.29 is 0 Å². The van der Waals surface area contributed by atoms with Crippen molar-refractivity contribution in [3.63, 3.8) is 0 Å². The van der Waals surface area contributed by atoms with Gasteiger partial charge in [0.25, 0.3) is 0 Å². The Bertz CT molecular complexity index is 329. The van der Waals surface area contributed by atoms with E-state index in [1.807, 2.05) is 12.1 Å². The van der Waals surface area contributed by atoms with Crippen LogP contribution in [-0.4, -0.2) is 6.54 Å². The van der Waals surface area contributed by atoms with Crippen molar-refractivity contribution in [2.75, 3.05) is 17.6 Å². The summed E-state index contributed by atoms with van der Waals surface area (Å²) in [6, 6.07) is 5.65. The van der Waals surface area contributed by atoms with Crippen LogP contribution in [0, 0.1) is 5.41 Å². The average Bonchev–Trinajstić information content (AvgIpc) is 2.10. The summed E-state index contributed by atoms with van der Waals surface area (Å²) in [4.78, 5) is 0. The van der Waals surface area contributed by atoms with Crippen LogP contribution < -0.4 is 11.1 Å². The number of hydrogen-bond donors (Lipinski definition) is 2. The second-order valence-electron chi connectivity index (χ2n) is 4.94. The smallest absolute Gasteiger partial charge is 0.0739 e. The van der Waals surface area contributed by atoms with Crippen LogP contribution in [0.4, 0.5) is 11.4 Å². The molecule has 0 aliphatic heterocycles. The lowest BCUT2D eigenvalue weighted by Gasteiger charge is -2.19. The first-order valence-corrected chi connectivity index (χ1v) is 5.56. The molecule has 2 nitrogen and oxygen atoms in total. The number of nitrogens with one attached hydrogen (secondary N) is 1. The van der Waals surface area contributed by atoms with E-state index < -0.39 is 0 Å². The highest BCUT2D eigenvalue weighted by Gasteiger charge is 2.09. The second-order valence-corrected chi connectivity index (χ2v) is 5.35. The molecule has 3 N–H and O–H groups in total. The summed E-state index contributed by atoms with van der Waals surface area (Å²) in [5.41, 5.74) is 7.73. The molecule has 84 valence electrons. The Morgan fingerprint density at radius 2 is 2.00 bits per heavy atom. The molecule has 0 saturated heterocycles. The number of benzene rings is 1. The summed E-state index contributed by atoms with van der Waals surface area (Å²) in [5.74, 6) is 0. The van der Waals surface area contributed by atoms with Crippen LogP contribution in [0.1, 0.15) is 27.2 Å². The van der Waals surface area contributed by atoms with Crippen molar-refractivity contribution >= 4 is 23.0 Å². The van der Waals surface area contributed by atoms with Crippen LogP contribution >= 0.6 is 11.6 Å². The Morgan fingerprint density at radius 3 is 2.60 bits per heavy atom. The molecule has 15 heavy (non-hydrogen) atoms. The Hall–Kier alpha value is -0.890. The number of nitrogen functional groups attached to an aromatic ring is 1. The Balaban J connectivity index is 2.55. The number of hydrogen-bond acceptors (Lipinski definition) is 2. The SMILES string of the molecule is CC(C)(C)CCNc1cccc(Cl)c1N. The molecule has 0 heterocycles. The molecule has 0 radical (unpaired) electrons. The molecular weight excluding hydrogens is 208 g/mol. The quantitative estimate of drug-likeness (QED) is 0.770. The molecule has 0 unspecified atom stereocenters. The van der Waals surface area contributed by atoms with Gasteiger partial charge in [0.1, 0.15) is 0 Å². The number of anilines is 2. The standard InChI is InChI=1S/C12H19ClN2/c1-12(2,3)7-8-15-10-6-4-5-9(13)11(10)14/h4-6,15H,7-8,14H2,1-3H3. The zero-order valence-electron chi connectivity index (χ0n) is 9.60. The molecule has 0 aromatic heterocycles. The number of rotatable bonds is 3. The molecule has 0 saturated carbocycles. The maximum absolute atomic E-state index is 5.92. The zero-order valence-corrected chi connectivity index (χ0v) is 10.4. The zero-order chi connectivity index (χ0) is 11.5. The van der Waals surface area contributed by atoms with Gasteiger partial charge in [-0.1, -0.05) is 38.4 Å². The molecule has 1 rings (SSSR count). The van der Waals surface area contributed by atoms with Crippen molar-refractivity contribution in [2.45, 2.75) is 27.2 Å². The van der Waals surface area contributed by atoms with Gasteiger partial charge in [-0.15, -0.1) is 0 Å². The van der Waals surface area contributed by atoms with Crippen LogP contribution in [0.2, 0.25) is 5.02 Å². The molecule has 0 spiro atoms. The van der Waals surface area contributed by atoms with Gasteiger partial charge in [0.2, 0.25) is 0 Å². The van der Waals surface area contributed by atoms with Gasteiger partial charge >= 0.3 is 0 Å². The van der Waals surface area contributed by atoms with Gasteiger partial charge in [0, 0.05) is 6.54 Å². The Morgan fingerprint density at radius 1 is 1.33 bits per heavy atom. The number of nitrogens with two attached hydrogens (primary N) is 1. The van der Waals surface area contributed by atoms with E-state index in [9.17, 15) is 0 Å². The molecule has 0 bridgehead atoms. The second kappa shape index (κ2) is 4.75. The van der Waals surface area contributed by atoms with Crippen molar-refractivity contribution in [2.24, 2.45) is 5.41 Å². The minimum Gasteiger partial charge on any atom is -0.396 e. The van der Waals surface area contributed by atoms with Crippen LogP contribution in [0.15, 0.2) is 18.2 Å². The molecule has 1 aromatic rings. The highest BCUT2D eigenvalue weighted by molar-refractivity contribution is 6.33. The summed E-state index contributed by atoms with van der Waals surface area (Å²) >= 11 is 5.92. The van der Waals surface area contributed by atoms with E-state index in [0.717, 1.165) is 18.7 Å². The van der Waals surface area contributed by atoms with Crippen LogP contribution in [0.5, 0.6) is 0 Å². The minimum atomic E-state index is 0.334. The van der Waals surface area contributed by atoms with E-state index in [1.165, 1.54) is 0 Å². The molecule has 0 fully saturated rings. The van der Waals surface area contributed by atoms with Gasteiger partial charge < -0.3 is 11.1 Å². The largest absolute Gasteiger partial charge is 0.396 e. The first-order valence-electron chi connectivity index (χ1n) is 5.18. The van der Waals surface area contributed by atoms with E-state index in [1.54, 1.807) is 6.07 Å². The summed E-state index contributed by atoms with van der Waals surface area (Å²) in [6.45, 7) is 7.57. The maximum Gasteiger partial charge on any atom is 0.0739 e. The summed E-state index contributed by atoms with van der Waals surface area (Å²) in [7, 11) is 0. The first kappa shape index (κ1) is 12.2. The molecular formula is C12H19ClN2. The lowest BCUT2D eigenvalue weighted by molar-refractivity contribution is 0.390. The topological polar surface area (TPSA) is 38.0 Å². The predicted octanol–water partition coefficient (Wildman–Crippen LogP) is 3.77. The fourth-order valence-corrected chi connectivity index (χ4v) is 1.44. The van der Waals surface area contributed by atoms with Gasteiger partial charge in [0.05, 0.1) is 16.4 Å². The monoisotopic (exact) mass is 226 g/mol. The molecule has 0 atom stereocenters. The third-order valence-corrected chi connectivity index (χ3v) is 2.57. The molecule has 3 heteroatoms. The van der Waals surface area contributed by atoms with Crippen molar-refractivity contribution in [3.05, 3.63) is 23.2 Å². The Labute approximate surface area is 96.8 Å². The van der Waals surface area contributed by atoms with Crippen molar-refractivity contribution in [1.82, 2.24) is 0 Å². The van der Waals surface area contributed by atoms with Gasteiger partial charge in [-0.3, -0.25) is 0 Å². The van der Waals surface area contributed by atoms with Crippen molar-refractivity contribution in [3.8, 4) is 0 Å². The van der Waals surface area contributed by atoms with Crippen LogP contribution in [-0.2, 0) is 0 Å². The lowest BCUT2D eigenvalue weighted by atomic mass is 9.92. The molecule has 0 aliphatic rings. The van der Waals surface area contributed by atoms with E-state index in [2.05, 4.69) is 26.1 Å². The highest BCUT2D eigenvalue weighted by Crippen LogP contribution is 2.27. The van der Waals surface area contributed by atoms with E-state index in [4.69, 9.17) is 17.3 Å². The summed E-state index contributed by atoms with van der Waals surface area (Å²) < 4.78 is 0. The lowest BCUT2D eigenvalue weighted by Crippen LogP contribution is -2.13. The van der Waals surface area contributed by atoms with E-state index in [0.29, 0.717) is 16.1 Å². The first-order chi connectivity index (χ1) is 6.90. The van der Waals surface area contributed by atoms with Gasteiger partial charge in [0.15, 0.2) is 0 Å². The Kier molecular flexibility index (Phi) is 3.86. The summed E-state index contributed by atoms with van der Waals surface area (Å²) in [5, 5.41) is 3.91. The van der Waals surface area contributed by atoms with Crippen molar-refractivity contribution in [1.29, 1.82) is 0 Å². The molecule has 1 aromatic carbocycles. The summed E-state index contributed by atoms with van der Waals surface area (Å²) in [6.07, 6.45) is 1.10. The van der Waals surface area contributed by atoms with E-state index in [-0.39, 0.29) is 0 Å². The average molecular weight is 227 g/mol. The van der Waals surface area contributed by atoms with Gasteiger partial charge in [-0.05, 0) is 24.0 Å².